The molecule has 1 aliphatic heterocycles. The summed E-state index contributed by atoms with van der Waals surface area (Å²) < 4.78 is 0. The van der Waals surface area contributed by atoms with E-state index in [-0.39, 0.29) is 0 Å². The number of nitrogens with zero attached hydrogens (tertiary/aromatic N) is 2. The van der Waals surface area contributed by atoms with E-state index < -0.39 is 0 Å². The molecule has 0 saturated carbocycles. The van der Waals surface area contributed by atoms with Crippen LogP contribution in [0.5, 0.6) is 0 Å². The lowest BCUT2D eigenvalue weighted by Crippen LogP contribution is -2.26. The largest absolute Gasteiger partial charge is 0.359 e. The molecule has 2 heteroatoms. The van der Waals surface area contributed by atoms with Crippen molar-refractivity contribution >= 4 is 0 Å². The van der Waals surface area contributed by atoms with Gasteiger partial charge in [0.15, 0.2) is 0 Å². The molecule has 0 fully saturated rings. The molecule has 0 N–H and O–H groups in total. The van der Waals surface area contributed by atoms with Crippen molar-refractivity contribution in [3.05, 3.63) is 12.4 Å². The summed E-state index contributed by atoms with van der Waals surface area (Å²) in [5.74, 6) is 0. The van der Waals surface area contributed by atoms with Crippen LogP contribution in [-0.2, 0) is 0 Å². The van der Waals surface area contributed by atoms with Crippen LogP contribution in [0.15, 0.2) is 12.4 Å². The molecule has 0 aromatic rings. The highest BCUT2D eigenvalue weighted by Gasteiger charge is 2.09. The van der Waals surface area contributed by atoms with Gasteiger partial charge in [0.2, 0.25) is 0 Å². The van der Waals surface area contributed by atoms with Crippen molar-refractivity contribution in [1.82, 2.24) is 9.80 Å². The molecule has 0 saturated heterocycles. The number of hydrogen-bond donors (Lipinski definition) is 0. The van der Waals surface area contributed by atoms with Crippen molar-refractivity contribution < 1.29 is 0 Å². The first-order valence-electron chi connectivity index (χ1n) is 12.5. The van der Waals surface area contributed by atoms with Gasteiger partial charge in [-0.05, 0) is 12.8 Å². The minimum Gasteiger partial charge on any atom is -0.359 e. The molecule has 1 heterocycles. The van der Waals surface area contributed by atoms with E-state index >= 15 is 0 Å². The van der Waals surface area contributed by atoms with E-state index in [0.717, 1.165) is 6.67 Å². The van der Waals surface area contributed by atoms with E-state index in [2.05, 4.69) is 36.0 Å². The Kier molecular flexibility index (Phi) is 16.9. The van der Waals surface area contributed by atoms with Gasteiger partial charge in [0.05, 0.1) is 6.67 Å². The van der Waals surface area contributed by atoms with Crippen LogP contribution < -0.4 is 0 Å². The number of unbranched alkanes of at least 4 members (excludes halogenated alkanes) is 16. The summed E-state index contributed by atoms with van der Waals surface area (Å²) in [6, 6.07) is 0. The molecule has 2 nitrogen and oxygen atoms in total. The smallest absolute Gasteiger partial charge is 0.0893 e. The van der Waals surface area contributed by atoms with Crippen LogP contribution in [0.3, 0.4) is 0 Å². The second-order valence-electron chi connectivity index (χ2n) is 8.72. The van der Waals surface area contributed by atoms with Crippen molar-refractivity contribution in [1.29, 1.82) is 0 Å². The molecular formula is C25H50N2. The average Bonchev–Trinajstić information content (AvgIpc) is 3.12. The van der Waals surface area contributed by atoms with Crippen LogP contribution in [0.1, 0.15) is 129 Å². The van der Waals surface area contributed by atoms with Crippen LogP contribution in [0.4, 0.5) is 0 Å². The number of hydrogen-bond acceptors (Lipinski definition) is 2. The van der Waals surface area contributed by atoms with Crippen molar-refractivity contribution in [3.8, 4) is 0 Å². The third-order valence-electron chi connectivity index (χ3n) is 5.91. The second kappa shape index (κ2) is 18.7. The van der Waals surface area contributed by atoms with Gasteiger partial charge in [-0.25, -0.2) is 0 Å². The normalized spacial score (nSPS) is 13.9. The van der Waals surface area contributed by atoms with Gasteiger partial charge in [0.1, 0.15) is 0 Å². The molecule has 1 rings (SSSR count). The lowest BCUT2D eigenvalue weighted by molar-refractivity contribution is 0.261. The first-order chi connectivity index (χ1) is 13.4. The van der Waals surface area contributed by atoms with Gasteiger partial charge in [0.25, 0.3) is 0 Å². The van der Waals surface area contributed by atoms with E-state index in [1.54, 1.807) is 0 Å². The molecule has 0 spiro atoms. The summed E-state index contributed by atoms with van der Waals surface area (Å²) in [6.45, 7) is 8.12. The van der Waals surface area contributed by atoms with Gasteiger partial charge in [-0.1, -0.05) is 117 Å². The maximum atomic E-state index is 2.47. The Labute approximate surface area is 171 Å². The first kappa shape index (κ1) is 24.4. The fourth-order valence-electron chi connectivity index (χ4n) is 4.13. The Morgan fingerprint density at radius 1 is 0.444 bits per heavy atom. The molecule has 0 unspecified atom stereocenters. The molecule has 0 aromatic carbocycles. The summed E-state index contributed by atoms with van der Waals surface area (Å²) in [4.78, 5) is 4.90. The molecule has 27 heavy (non-hydrogen) atoms. The highest BCUT2D eigenvalue weighted by Crippen LogP contribution is 2.14. The molecular weight excluding hydrogens is 328 g/mol. The summed E-state index contributed by atoms with van der Waals surface area (Å²) in [7, 11) is 0. The molecule has 0 bridgehead atoms. The van der Waals surface area contributed by atoms with Gasteiger partial charge >= 0.3 is 0 Å². The van der Waals surface area contributed by atoms with Gasteiger partial charge in [0, 0.05) is 25.5 Å². The second-order valence-corrected chi connectivity index (χ2v) is 8.72. The Balaban J connectivity index is 1.70. The minimum absolute atomic E-state index is 1.12. The predicted octanol–water partition coefficient (Wildman–Crippen LogP) is 8.09. The van der Waals surface area contributed by atoms with Gasteiger partial charge in [-0.2, -0.15) is 0 Å². The Morgan fingerprint density at radius 2 is 0.815 bits per heavy atom. The average molecular weight is 379 g/mol. The van der Waals surface area contributed by atoms with Crippen LogP contribution in [-0.4, -0.2) is 29.6 Å². The van der Waals surface area contributed by atoms with Crippen LogP contribution >= 0.6 is 0 Å². The fraction of sp³-hybridized carbons (Fsp3) is 0.920. The lowest BCUT2D eigenvalue weighted by atomic mass is 10.0. The highest BCUT2D eigenvalue weighted by molar-refractivity contribution is 4.90. The van der Waals surface area contributed by atoms with Crippen molar-refractivity contribution in [2.24, 2.45) is 0 Å². The topological polar surface area (TPSA) is 6.48 Å². The SMILES string of the molecule is CCCCCCCCCCCCCCCCCCCN1C=CN(CCC)C1. The third kappa shape index (κ3) is 15.0. The highest BCUT2D eigenvalue weighted by atomic mass is 15.3. The molecule has 1 aliphatic rings. The monoisotopic (exact) mass is 378 g/mol. The first-order valence-corrected chi connectivity index (χ1v) is 12.5. The van der Waals surface area contributed by atoms with Crippen LogP contribution in [0.25, 0.3) is 0 Å². The van der Waals surface area contributed by atoms with E-state index in [0.29, 0.717) is 0 Å². The fourth-order valence-corrected chi connectivity index (χ4v) is 4.13. The van der Waals surface area contributed by atoms with E-state index in [9.17, 15) is 0 Å². The quantitative estimate of drug-likeness (QED) is 0.197. The van der Waals surface area contributed by atoms with Crippen LogP contribution in [0, 0.1) is 0 Å². The molecule has 0 aliphatic carbocycles. The van der Waals surface area contributed by atoms with Crippen molar-refractivity contribution in [3.63, 3.8) is 0 Å². The molecule has 160 valence electrons. The standard InChI is InChI=1S/C25H50N2/c1-3-5-6-7-8-9-10-11-12-13-14-15-16-17-18-19-20-22-27-24-23-26(25-27)21-4-2/h23-24H,3-22,25H2,1-2H3. The summed E-state index contributed by atoms with van der Waals surface area (Å²) in [5, 5.41) is 0. The lowest BCUT2D eigenvalue weighted by Gasteiger charge is -2.20. The zero-order chi connectivity index (χ0) is 19.4. The van der Waals surface area contributed by atoms with E-state index in [1.807, 2.05) is 0 Å². The van der Waals surface area contributed by atoms with Crippen LogP contribution in [0.2, 0.25) is 0 Å². The maximum absolute atomic E-state index is 2.47. The Bertz CT molecular complexity index is 326. The maximum Gasteiger partial charge on any atom is 0.0893 e. The molecule has 0 radical (unpaired) electrons. The summed E-state index contributed by atoms with van der Waals surface area (Å²) in [6.07, 6.45) is 30.5. The zero-order valence-electron chi connectivity index (χ0n) is 18.9. The van der Waals surface area contributed by atoms with E-state index in [1.165, 1.54) is 129 Å². The van der Waals surface area contributed by atoms with Gasteiger partial charge in [-0.15, -0.1) is 0 Å². The molecule has 0 amide bonds. The zero-order valence-corrected chi connectivity index (χ0v) is 18.9. The van der Waals surface area contributed by atoms with E-state index in [4.69, 9.17) is 0 Å². The number of rotatable bonds is 20. The Morgan fingerprint density at radius 3 is 1.22 bits per heavy atom. The predicted molar refractivity (Wildman–Crippen MR) is 122 cm³/mol. The summed E-state index contributed by atoms with van der Waals surface area (Å²) >= 11 is 0. The van der Waals surface area contributed by atoms with Gasteiger partial charge in [-0.3, -0.25) is 0 Å². The summed E-state index contributed by atoms with van der Waals surface area (Å²) in [5.41, 5.74) is 0. The molecule has 0 atom stereocenters. The van der Waals surface area contributed by atoms with Crippen molar-refractivity contribution in [2.45, 2.75) is 129 Å². The minimum atomic E-state index is 1.12. The third-order valence-corrected chi connectivity index (χ3v) is 5.91. The van der Waals surface area contributed by atoms with Gasteiger partial charge < -0.3 is 9.80 Å². The molecule has 0 aromatic heterocycles. The van der Waals surface area contributed by atoms with Crippen molar-refractivity contribution in [2.75, 3.05) is 19.8 Å². The Hall–Kier alpha value is -0.660.